The van der Waals surface area contributed by atoms with E-state index in [1.54, 1.807) is 7.11 Å². The maximum absolute atomic E-state index is 11.0. The molecule has 2 N–H and O–H groups in total. The van der Waals surface area contributed by atoms with Gasteiger partial charge >= 0.3 is 0 Å². The summed E-state index contributed by atoms with van der Waals surface area (Å²) in [4.78, 5) is 13.0. The summed E-state index contributed by atoms with van der Waals surface area (Å²) in [6.07, 6.45) is 1.06. The fraction of sp³-hybridized carbons (Fsp3) is 0.900. The van der Waals surface area contributed by atoms with Gasteiger partial charge in [-0.15, -0.1) is 0 Å². The minimum atomic E-state index is -0.461. The number of rotatable bonds is 6. The van der Waals surface area contributed by atoms with Crippen LogP contribution >= 0.6 is 0 Å². The van der Waals surface area contributed by atoms with Crippen molar-refractivity contribution in [3.05, 3.63) is 0 Å². The summed E-state index contributed by atoms with van der Waals surface area (Å²) in [7, 11) is 3.50. The Morgan fingerprint density at radius 1 is 1.73 bits per heavy atom. The van der Waals surface area contributed by atoms with Gasteiger partial charge in [-0.2, -0.15) is 0 Å². The van der Waals surface area contributed by atoms with E-state index in [1.807, 2.05) is 11.9 Å². The summed E-state index contributed by atoms with van der Waals surface area (Å²) in [5.41, 5.74) is 0. The molecule has 5 heteroatoms. The molecule has 0 aromatic carbocycles. The lowest BCUT2D eigenvalue weighted by Gasteiger charge is -2.23. The number of aliphatic hydroxyl groups is 1. The molecule has 1 saturated heterocycles. The van der Waals surface area contributed by atoms with E-state index in [2.05, 4.69) is 5.32 Å². The van der Waals surface area contributed by atoms with Crippen molar-refractivity contribution < 1.29 is 14.6 Å². The van der Waals surface area contributed by atoms with Crippen LogP contribution in [0, 0.1) is 0 Å². The summed E-state index contributed by atoms with van der Waals surface area (Å²) in [5.74, 6) is 0.130. The van der Waals surface area contributed by atoms with Gasteiger partial charge in [0.1, 0.15) is 0 Å². The molecular weight excluding hydrogens is 196 g/mol. The number of nitrogens with zero attached hydrogens (tertiary/aromatic N) is 1. The van der Waals surface area contributed by atoms with Gasteiger partial charge in [-0.3, -0.25) is 4.79 Å². The van der Waals surface area contributed by atoms with Crippen LogP contribution in [0.1, 0.15) is 12.8 Å². The Labute approximate surface area is 90.4 Å². The van der Waals surface area contributed by atoms with E-state index >= 15 is 0 Å². The lowest BCUT2D eigenvalue weighted by Crippen LogP contribution is -2.40. The molecular formula is C10H20N2O3. The van der Waals surface area contributed by atoms with Crippen molar-refractivity contribution in [3.8, 4) is 0 Å². The van der Waals surface area contributed by atoms with Gasteiger partial charge in [0.2, 0.25) is 5.91 Å². The Balaban J connectivity index is 2.17. The number of carbonyl (C=O) groups excluding carboxylic acids is 1. The largest absolute Gasteiger partial charge is 0.389 e. The molecule has 15 heavy (non-hydrogen) atoms. The molecule has 1 aliphatic rings. The van der Waals surface area contributed by atoms with E-state index in [0.717, 1.165) is 13.0 Å². The van der Waals surface area contributed by atoms with Crippen molar-refractivity contribution in [2.24, 2.45) is 0 Å². The number of amides is 1. The fourth-order valence-electron chi connectivity index (χ4n) is 1.87. The van der Waals surface area contributed by atoms with Crippen LogP contribution in [-0.4, -0.2) is 61.9 Å². The second-order valence-electron chi connectivity index (χ2n) is 4.13. The number of hydrogen-bond acceptors (Lipinski definition) is 4. The van der Waals surface area contributed by atoms with Crippen molar-refractivity contribution >= 4 is 5.91 Å². The zero-order chi connectivity index (χ0) is 11.3. The highest BCUT2D eigenvalue weighted by Crippen LogP contribution is 2.07. The minimum Gasteiger partial charge on any atom is -0.389 e. The van der Waals surface area contributed by atoms with Crippen LogP contribution in [0.3, 0.4) is 0 Å². The number of nitrogens with one attached hydrogen (secondary N) is 1. The maximum atomic E-state index is 11.0. The minimum absolute atomic E-state index is 0.130. The smallest absolute Gasteiger partial charge is 0.220 e. The lowest BCUT2D eigenvalue weighted by atomic mass is 10.2. The molecule has 0 aromatic heterocycles. The molecule has 1 fully saturated rings. The normalized spacial score (nSPS) is 23.2. The SMILES string of the molecule is COCC(O)CN(C)CC1CCC(=O)N1. The number of ether oxygens (including phenoxy) is 1. The molecule has 1 rings (SSSR count). The molecule has 1 heterocycles. The predicted octanol–water partition coefficient (Wildman–Crippen LogP) is -0.796. The number of aliphatic hydroxyl groups excluding tert-OH is 1. The molecule has 0 aliphatic carbocycles. The van der Waals surface area contributed by atoms with E-state index in [1.165, 1.54) is 0 Å². The van der Waals surface area contributed by atoms with Crippen LogP contribution in [-0.2, 0) is 9.53 Å². The Hall–Kier alpha value is -0.650. The van der Waals surface area contributed by atoms with Gasteiger partial charge in [0, 0.05) is 32.7 Å². The quantitative estimate of drug-likeness (QED) is 0.610. The highest BCUT2D eigenvalue weighted by Gasteiger charge is 2.22. The first-order valence-electron chi connectivity index (χ1n) is 5.26. The molecule has 2 atom stereocenters. The van der Waals surface area contributed by atoms with E-state index in [4.69, 9.17) is 4.74 Å². The first-order chi connectivity index (χ1) is 7.11. The number of methoxy groups -OCH3 is 1. The molecule has 2 unspecified atom stereocenters. The summed E-state index contributed by atoms with van der Waals surface area (Å²) >= 11 is 0. The summed E-state index contributed by atoms with van der Waals surface area (Å²) in [5, 5.41) is 12.4. The fourth-order valence-corrected chi connectivity index (χ4v) is 1.87. The third kappa shape index (κ3) is 4.59. The third-order valence-electron chi connectivity index (χ3n) is 2.50. The van der Waals surface area contributed by atoms with Gasteiger partial charge in [0.15, 0.2) is 0 Å². The second kappa shape index (κ2) is 6.05. The van der Waals surface area contributed by atoms with Crippen molar-refractivity contribution in [3.63, 3.8) is 0 Å². The number of carbonyl (C=O) groups is 1. The average Bonchev–Trinajstić information content (AvgIpc) is 2.51. The number of hydrogen-bond donors (Lipinski definition) is 2. The molecule has 1 amide bonds. The average molecular weight is 216 g/mol. The molecule has 0 spiro atoms. The standard InChI is InChI=1S/C10H20N2O3/c1-12(6-9(13)7-15-2)5-8-3-4-10(14)11-8/h8-9,13H,3-7H2,1-2H3,(H,11,14). The summed E-state index contributed by atoms with van der Waals surface area (Å²) in [6.45, 7) is 1.70. The Bertz CT molecular complexity index is 211. The van der Waals surface area contributed by atoms with Crippen molar-refractivity contribution in [1.82, 2.24) is 10.2 Å². The van der Waals surface area contributed by atoms with Crippen LogP contribution in [0.5, 0.6) is 0 Å². The van der Waals surface area contributed by atoms with Crippen LogP contribution in [0.4, 0.5) is 0 Å². The lowest BCUT2D eigenvalue weighted by molar-refractivity contribution is -0.119. The summed E-state index contributed by atoms with van der Waals surface area (Å²) in [6, 6.07) is 0.234. The first-order valence-corrected chi connectivity index (χ1v) is 5.26. The highest BCUT2D eigenvalue weighted by atomic mass is 16.5. The van der Waals surface area contributed by atoms with E-state index in [9.17, 15) is 9.90 Å². The van der Waals surface area contributed by atoms with Gasteiger partial charge in [0.05, 0.1) is 12.7 Å². The van der Waals surface area contributed by atoms with Crippen LogP contribution in [0.25, 0.3) is 0 Å². The zero-order valence-electron chi connectivity index (χ0n) is 9.40. The maximum Gasteiger partial charge on any atom is 0.220 e. The van der Waals surface area contributed by atoms with Crippen molar-refractivity contribution in [1.29, 1.82) is 0 Å². The summed E-state index contributed by atoms with van der Waals surface area (Å²) < 4.78 is 4.85. The van der Waals surface area contributed by atoms with Gasteiger partial charge in [-0.05, 0) is 13.5 Å². The van der Waals surface area contributed by atoms with Crippen LogP contribution in [0.15, 0.2) is 0 Å². The van der Waals surface area contributed by atoms with Crippen molar-refractivity contribution in [2.45, 2.75) is 25.0 Å². The van der Waals surface area contributed by atoms with E-state index in [0.29, 0.717) is 19.6 Å². The molecule has 0 aromatic rings. The number of likely N-dealkylation sites (N-methyl/N-ethyl adjacent to an activating group) is 1. The molecule has 88 valence electrons. The predicted molar refractivity (Wildman–Crippen MR) is 56.5 cm³/mol. The Kier molecular flexibility index (Phi) is 5.01. The monoisotopic (exact) mass is 216 g/mol. The molecule has 0 bridgehead atoms. The molecule has 5 nitrogen and oxygen atoms in total. The molecule has 1 aliphatic heterocycles. The van der Waals surface area contributed by atoms with Gasteiger partial charge < -0.3 is 20.1 Å². The van der Waals surface area contributed by atoms with Crippen LogP contribution in [0.2, 0.25) is 0 Å². The third-order valence-corrected chi connectivity index (χ3v) is 2.50. The van der Waals surface area contributed by atoms with E-state index in [-0.39, 0.29) is 11.9 Å². The van der Waals surface area contributed by atoms with E-state index < -0.39 is 6.10 Å². The molecule has 0 saturated carbocycles. The first kappa shape index (κ1) is 12.4. The molecule has 0 radical (unpaired) electrons. The highest BCUT2D eigenvalue weighted by molar-refractivity contribution is 5.78. The second-order valence-corrected chi connectivity index (χ2v) is 4.13. The van der Waals surface area contributed by atoms with Gasteiger partial charge in [0.25, 0.3) is 0 Å². The Morgan fingerprint density at radius 2 is 2.47 bits per heavy atom. The van der Waals surface area contributed by atoms with Gasteiger partial charge in [-0.25, -0.2) is 0 Å². The topological polar surface area (TPSA) is 61.8 Å². The van der Waals surface area contributed by atoms with Crippen molar-refractivity contribution in [2.75, 3.05) is 33.9 Å². The van der Waals surface area contributed by atoms with Gasteiger partial charge in [-0.1, -0.05) is 0 Å². The van der Waals surface area contributed by atoms with Crippen LogP contribution < -0.4 is 5.32 Å². The Morgan fingerprint density at radius 3 is 3.00 bits per heavy atom. The zero-order valence-corrected chi connectivity index (χ0v) is 9.40.